The summed E-state index contributed by atoms with van der Waals surface area (Å²) in [6.45, 7) is 0. The lowest BCUT2D eigenvalue weighted by Gasteiger charge is -2.21. The monoisotopic (exact) mass is 477 g/mol. The van der Waals surface area contributed by atoms with Crippen molar-refractivity contribution >= 4 is 88.0 Å². The molecule has 0 saturated carbocycles. The van der Waals surface area contributed by atoms with Crippen LogP contribution in [0.4, 0.5) is 0 Å². The van der Waals surface area contributed by atoms with Crippen molar-refractivity contribution in [2.24, 2.45) is 0 Å². The average Bonchev–Trinajstić information content (AvgIpc) is 3.38. The molecule has 8 aromatic rings. The number of benzene rings is 7. The van der Waals surface area contributed by atoms with E-state index in [2.05, 4.69) is 66.7 Å². The lowest BCUT2D eigenvalue weighted by Crippen LogP contribution is -1.96. The molecule has 7 aromatic carbocycles. The van der Waals surface area contributed by atoms with Gasteiger partial charge in [-0.2, -0.15) is 5.26 Å². The quantitative estimate of drug-likeness (QED) is 0.120. The van der Waals surface area contributed by atoms with Gasteiger partial charge in [-0.3, -0.25) is 0 Å². The van der Waals surface area contributed by atoms with Crippen molar-refractivity contribution in [2.75, 3.05) is 0 Å². The van der Waals surface area contributed by atoms with Crippen LogP contribution in [0.3, 0.4) is 0 Å². The third-order valence-electron chi connectivity index (χ3n) is 7.53. The molecule has 1 N–H and O–H groups in total. The molecule has 3 nitrogen and oxygen atoms in total. The van der Waals surface area contributed by atoms with Crippen LogP contribution < -0.4 is 0 Å². The van der Waals surface area contributed by atoms with Crippen LogP contribution in [0.1, 0.15) is 4.88 Å². The Bertz CT molecular complexity index is 2190. The summed E-state index contributed by atoms with van der Waals surface area (Å²) in [6.07, 6.45) is 1.45. The minimum atomic E-state index is -1.21. The fourth-order valence-electron chi connectivity index (χ4n) is 6.05. The molecule has 4 heteroatoms. The second kappa shape index (κ2) is 6.69. The zero-order valence-corrected chi connectivity index (χ0v) is 19.6. The number of hydrogen-bond donors (Lipinski definition) is 1. The van der Waals surface area contributed by atoms with Crippen molar-refractivity contribution in [3.8, 4) is 16.5 Å². The molecule has 0 fully saturated rings. The van der Waals surface area contributed by atoms with Crippen molar-refractivity contribution in [3.05, 3.63) is 89.3 Å². The third kappa shape index (κ3) is 2.38. The van der Waals surface area contributed by atoms with Crippen LogP contribution in [-0.4, -0.2) is 11.1 Å². The molecular weight excluding hydrogens is 462 g/mol. The molecule has 1 heterocycles. The first-order valence-electron chi connectivity index (χ1n) is 11.7. The van der Waals surface area contributed by atoms with Gasteiger partial charge in [-0.25, -0.2) is 4.79 Å². The summed E-state index contributed by atoms with van der Waals surface area (Å²) in [7, 11) is 0. The van der Waals surface area contributed by atoms with Gasteiger partial charge in [-0.15, -0.1) is 11.3 Å². The lowest BCUT2D eigenvalue weighted by molar-refractivity contribution is -0.132. The van der Waals surface area contributed by atoms with E-state index in [1.807, 2.05) is 12.1 Å². The second-order valence-corrected chi connectivity index (χ2v) is 10.5. The Hall–Kier alpha value is -4.72. The number of rotatable bonds is 3. The second-order valence-electron chi connectivity index (χ2n) is 9.34. The molecule has 0 unspecified atom stereocenters. The first-order chi connectivity index (χ1) is 17.6. The standard InChI is InChI=1S/C32H15NO2S/c33-15-21(32(34)35)13-22-10-12-25(36-22)24-14-20-8-7-18-4-2-16-1-3-17-5-6-19-9-11-23(24)31-29(19)27(17)26(16)28(18)30(20)31/h1-14H,(H,34,35)/b21-13+. The maximum Gasteiger partial charge on any atom is 0.346 e. The molecule has 0 bridgehead atoms. The first kappa shape index (κ1) is 19.6. The van der Waals surface area contributed by atoms with Gasteiger partial charge in [0.1, 0.15) is 11.6 Å². The maximum absolute atomic E-state index is 11.3. The number of nitriles is 1. The summed E-state index contributed by atoms with van der Waals surface area (Å²) in [5.41, 5.74) is 0.863. The number of carboxylic acids is 1. The average molecular weight is 478 g/mol. The molecule has 0 spiro atoms. The number of hydrogen-bond acceptors (Lipinski definition) is 3. The van der Waals surface area contributed by atoms with E-state index in [0.29, 0.717) is 0 Å². The first-order valence-corrected chi connectivity index (χ1v) is 12.5. The largest absolute Gasteiger partial charge is 0.477 e. The summed E-state index contributed by atoms with van der Waals surface area (Å²) in [4.78, 5) is 13.1. The Kier molecular flexibility index (Phi) is 3.64. The molecule has 166 valence electrons. The highest BCUT2D eigenvalue weighted by molar-refractivity contribution is 7.16. The van der Waals surface area contributed by atoms with Gasteiger partial charge < -0.3 is 5.11 Å². The van der Waals surface area contributed by atoms with E-state index >= 15 is 0 Å². The molecular formula is C32H15NO2S. The predicted molar refractivity (Wildman–Crippen MR) is 150 cm³/mol. The highest BCUT2D eigenvalue weighted by Gasteiger charge is 2.22. The summed E-state index contributed by atoms with van der Waals surface area (Å²) in [5, 5.41) is 33.8. The normalized spacial score (nSPS) is 12.8. The number of nitrogens with zero attached hydrogens (tertiary/aromatic N) is 1. The Morgan fingerprint density at radius 2 is 1.19 bits per heavy atom. The fourth-order valence-corrected chi connectivity index (χ4v) is 7.03. The van der Waals surface area contributed by atoms with Gasteiger partial charge in [0.2, 0.25) is 0 Å². The van der Waals surface area contributed by atoms with E-state index in [9.17, 15) is 15.2 Å². The molecule has 0 aliphatic heterocycles. The Morgan fingerprint density at radius 1 is 0.694 bits per heavy atom. The topological polar surface area (TPSA) is 61.1 Å². The van der Waals surface area contributed by atoms with Gasteiger partial charge in [-0.1, -0.05) is 60.7 Å². The third-order valence-corrected chi connectivity index (χ3v) is 8.60. The van der Waals surface area contributed by atoms with Crippen LogP contribution >= 0.6 is 11.3 Å². The number of thiophene rings is 1. The van der Waals surface area contributed by atoms with Crippen molar-refractivity contribution in [3.63, 3.8) is 0 Å². The van der Waals surface area contributed by atoms with Gasteiger partial charge in [0.15, 0.2) is 0 Å². The summed E-state index contributed by atoms with van der Waals surface area (Å²) < 4.78 is 0. The van der Waals surface area contributed by atoms with Crippen LogP contribution in [0, 0.1) is 11.3 Å². The molecule has 8 rings (SSSR count). The van der Waals surface area contributed by atoms with Crippen molar-refractivity contribution in [1.82, 2.24) is 0 Å². The highest BCUT2D eigenvalue weighted by Crippen LogP contribution is 2.50. The summed E-state index contributed by atoms with van der Waals surface area (Å²) in [5.74, 6) is -1.21. The number of aliphatic carboxylic acids is 1. The molecule has 0 radical (unpaired) electrons. The number of carboxylic acid groups (broad SMARTS) is 1. The van der Waals surface area contributed by atoms with E-state index in [4.69, 9.17) is 0 Å². The van der Waals surface area contributed by atoms with E-state index < -0.39 is 5.97 Å². The predicted octanol–water partition coefficient (Wildman–Crippen LogP) is 8.64. The molecule has 0 aliphatic rings. The molecule has 1 aromatic heterocycles. The summed E-state index contributed by atoms with van der Waals surface area (Å²) in [6, 6.07) is 30.2. The van der Waals surface area contributed by atoms with Crippen molar-refractivity contribution in [1.29, 1.82) is 5.26 Å². The minimum Gasteiger partial charge on any atom is -0.477 e. The highest BCUT2D eigenvalue weighted by atomic mass is 32.1. The van der Waals surface area contributed by atoms with Gasteiger partial charge in [0, 0.05) is 15.3 Å². The summed E-state index contributed by atoms with van der Waals surface area (Å²) >= 11 is 1.51. The van der Waals surface area contributed by atoms with Crippen LogP contribution in [0.5, 0.6) is 0 Å². The van der Waals surface area contributed by atoms with E-state index in [1.165, 1.54) is 82.0 Å². The van der Waals surface area contributed by atoms with E-state index in [1.54, 1.807) is 6.07 Å². The fraction of sp³-hybridized carbons (Fsp3) is 0. The van der Waals surface area contributed by atoms with Gasteiger partial charge in [0.05, 0.1) is 0 Å². The van der Waals surface area contributed by atoms with Crippen LogP contribution in [-0.2, 0) is 4.79 Å². The van der Waals surface area contributed by atoms with E-state index in [-0.39, 0.29) is 5.57 Å². The molecule has 0 amide bonds. The van der Waals surface area contributed by atoms with Crippen molar-refractivity contribution in [2.45, 2.75) is 0 Å². The van der Waals surface area contributed by atoms with Gasteiger partial charge in [0.25, 0.3) is 0 Å². The molecule has 0 atom stereocenters. The lowest BCUT2D eigenvalue weighted by atomic mass is 9.82. The van der Waals surface area contributed by atoms with Crippen LogP contribution in [0.15, 0.2) is 84.4 Å². The number of carbonyl (C=O) groups is 1. The molecule has 36 heavy (non-hydrogen) atoms. The van der Waals surface area contributed by atoms with Gasteiger partial charge >= 0.3 is 5.97 Å². The molecule has 0 aliphatic carbocycles. The molecule has 0 saturated heterocycles. The smallest absolute Gasteiger partial charge is 0.346 e. The van der Waals surface area contributed by atoms with Crippen LogP contribution in [0.25, 0.3) is 81.2 Å². The Labute approximate surface area is 208 Å². The zero-order valence-electron chi connectivity index (χ0n) is 18.8. The maximum atomic E-state index is 11.3. The Morgan fingerprint density at radius 3 is 1.75 bits per heavy atom. The van der Waals surface area contributed by atoms with Crippen molar-refractivity contribution < 1.29 is 9.90 Å². The van der Waals surface area contributed by atoms with E-state index in [0.717, 1.165) is 15.3 Å². The van der Waals surface area contributed by atoms with Crippen LogP contribution in [0.2, 0.25) is 0 Å². The Balaban J connectivity index is 1.55. The SMILES string of the molecule is N#C/C(=C\c1ccc(-c2cc3ccc4ccc5ccc6ccc7ccc2c2c7c6c5c4c32)s1)C(=O)O. The minimum absolute atomic E-state index is 0.262. The van der Waals surface area contributed by atoms with Gasteiger partial charge in [-0.05, 0) is 88.9 Å². The zero-order chi connectivity index (χ0) is 24.1.